The first-order valence-corrected chi connectivity index (χ1v) is 8.60. The van der Waals surface area contributed by atoms with E-state index in [0.29, 0.717) is 24.7 Å². The summed E-state index contributed by atoms with van der Waals surface area (Å²) in [6.45, 7) is 7.50. The summed E-state index contributed by atoms with van der Waals surface area (Å²) in [4.78, 5) is 8.94. The van der Waals surface area contributed by atoms with Crippen LogP contribution in [-0.4, -0.2) is 27.2 Å². The largest absolute Gasteiger partial charge is 0.488 e. The fourth-order valence-corrected chi connectivity index (χ4v) is 3.02. The fraction of sp³-hybridized carbons (Fsp3) is 0.350. The van der Waals surface area contributed by atoms with E-state index in [0.717, 1.165) is 22.5 Å². The summed E-state index contributed by atoms with van der Waals surface area (Å²) in [7, 11) is 0. The van der Waals surface area contributed by atoms with Gasteiger partial charge >= 0.3 is 0 Å². The Kier molecular flexibility index (Phi) is 3.80. The average molecular weight is 348 g/mol. The maximum absolute atomic E-state index is 8.99. The molecule has 0 spiro atoms. The summed E-state index contributed by atoms with van der Waals surface area (Å²) < 4.78 is 13.7. The Morgan fingerprint density at radius 2 is 2.15 bits per heavy atom. The molecular formula is C20H20N4O2. The van der Waals surface area contributed by atoms with Crippen molar-refractivity contribution >= 4 is 11.0 Å². The van der Waals surface area contributed by atoms with E-state index >= 15 is 0 Å². The SMILES string of the molecule is CC(C)(C)c1ccc(OCC2Cn3c(nc4cc(C#N)ccc43)O2)cn1. The van der Waals surface area contributed by atoms with E-state index in [9.17, 15) is 0 Å². The zero-order valence-corrected chi connectivity index (χ0v) is 15.1. The van der Waals surface area contributed by atoms with Crippen molar-refractivity contribution < 1.29 is 9.47 Å². The quantitative estimate of drug-likeness (QED) is 0.725. The van der Waals surface area contributed by atoms with E-state index in [-0.39, 0.29) is 11.5 Å². The molecule has 1 aliphatic rings. The Morgan fingerprint density at radius 3 is 2.85 bits per heavy atom. The van der Waals surface area contributed by atoms with E-state index < -0.39 is 0 Å². The van der Waals surface area contributed by atoms with E-state index in [4.69, 9.17) is 14.7 Å². The predicted molar refractivity (Wildman–Crippen MR) is 97.3 cm³/mol. The topological polar surface area (TPSA) is 73.0 Å². The number of hydrogen-bond donors (Lipinski definition) is 0. The predicted octanol–water partition coefficient (Wildman–Crippen LogP) is 3.44. The Balaban J connectivity index is 1.42. The molecule has 0 bridgehead atoms. The number of hydrogen-bond acceptors (Lipinski definition) is 5. The van der Waals surface area contributed by atoms with Crippen LogP contribution in [0.5, 0.6) is 11.8 Å². The van der Waals surface area contributed by atoms with Crippen LogP contribution in [0.15, 0.2) is 36.5 Å². The molecule has 4 rings (SSSR count). The number of nitrogens with zero attached hydrogens (tertiary/aromatic N) is 4. The molecule has 0 N–H and O–H groups in total. The molecule has 0 saturated heterocycles. The van der Waals surface area contributed by atoms with Gasteiger partial charge < -0.3 is 9.47 Å². The summed E-state index contributed by atoms with van der Waals surface area (Å²) in [5.74, 6) is 0.731. The van der Waals surface area contributed by atoms with Gasteiger partial charge in [-0.05, 0) is 30.3 Å². The highest BCUT2D eigenvalue weighted by atomic mass is 16.6. The molecule has 6 heteroatoms. The average Bonchev–Trinajstić information content (AvgIpc) is 3.16. The van der Waals surface area contributed by atoms with Crippen LogP contribution in [0, 0.1) is 11.3 Å². The summed E-state index contributed by atoms with van der Waals surface area (Å²) in [5, 5.41) is 8.99. The van der Waals surface area contributed by atoms with Crippen LogP contribution in [0.2, 0.25) is 0 Å². The number of rotatable bonds is 3. The molecule has 0 aliphatic carbocycles. The van der Waals surface area contributed by atoms with Gasteiger partial charge in [0, 0.05) is 11.1 Å². The molecule has 1 unspecified atom stereocenters. The first-order chi connectivity index (χ1) is 12.4. The lowest BCUT2D eigenvalue weighted by Crippen LogP contribution is -2.23. The molecule has 0 fully saturated rings. The van der Waals surface area contributed by atoms with Crippen LogP contribution in [0.1, 0.15) is 32.0 Å². The van der Waals surface area contributed by atoms with Gasteiger partial charge in [0.05, 0.1) is 35.4 Å². The highest BCUT2D eigenvalue weighted by Crippen LogP contribution is 2.29. The highest BCUT2D eigenvalue weighted by molar-refractivity contribution is 5.78. The molecule has 0 saturated carbocycles. The normalized spacial score (nSPS) is 16.2. The molecule has 2 aromatic heterocycles. The van der Waals surface area contributed by atoms with Crippen molar-refractivity contribution in [3.8, 4) is 17.8 Å². The Hall–Kier alpha value is -3.07. The van der Waals surface area contributed by atoms with Crippen molar-refractivity contribution in [3.05, 3.63) is 47.8 Å². The summed E-state index contributed by atoms with van der Waals surface area (Å²) in [6.07, 6.45) is 1.66. The van der Waals surface area contributed by atoms with Gasteiger partial charge in [0.1, 0.15) is 12.4 Å². The third-order valence-corrected chi connectivity index (χ3v) is 4.44. The lowest BCUT2D eigenvalue weighted by atomic mass is 9.92. The first-order valence-electron chi connectivity index (χ1n) is 8.60. The van der Waals surface area contributed by atoms with Crippen molar-refractivity contribution in [2.45, 2.75) is 38.8 Å². The van der Waals surface area contributed by atoms with E-state index in [1.807, 2.05) is 22.8 Å². The Labute approximate surface area is 152 Å². The van der Waals surface area contributed by atoms with Gasteiger partial charge in [0.25, 0.3) is 6.01 Å². The monoisotopic (exact) mass is 348 g/mol. The summed E-state index contributed by atoms with van der Waals surface area (Å²) >= 11 is 0. The van der Waals surface area contributed by atoms with Crippen LogP contribution in [0.3, 0.4) is 0 Å². The van der Waals surface area contributed by atoms with Crippen molar-refractivity contribution in [1.82, 2.24) is 14.5 Å². The minimum absolute atomic E-state index is 0.0226. The number of nitriles is 1. The Morgan fingerprint density at radius 1 is 1.31 bits per heavy atom. The molecule has 132 valence electrons. The van der Waals surface area contributed by atoms with Crippen LogP contribution >= 0.6 is 0 Å². The molecule has 0 amide bonds. The number of fused-ring (bicyclic) bond motifs is 3. The van der Waals surface area contributed by atoms with Crippen LogP contribution < -0.4 is 9.47 Å². The number of aromatic nitrogens is 3. The molecule has 0 radical (unpaired) electrons. The number of ether oxygens (including phenoxy) is 2. The van der Waals surface area contributed by atoms with Gasteiger partial charge in [-0.2, -0.15) is 10.2 Å². The van der Waals surface area contributed by atoms with Gasteiger partial charge in [-0.15, -0.1) is 0 Å². The van der Waals surface area contributed by atoms with Gasteiger partial charge in [-0.25, -0.2) is 0 Å². The number of imidazole rings is 1. The van der Waals surface area contributed by atoms with E-state index in [1.54, 1.807) is 18.3 Å². The summed E-state index contributed by atoms with van der Waals surface area (Å²) in [5.41, 5.74) is 3.40. The maximum Gasteiger partial charge on any atom is 0.297 e. The lowest BCUT2D eigenvalue weighted by molar-refractivity contribution is 0.143. The van der Waals surface area contributed by atoms with Gasteiger partial charge in [0.15, 0.2) is 6.10 Å². The minimum atomic E-state index is -0.0974. The lowest BCUT2D eigenvalue weighted by Gasteiger charge is -2.18. The maximum atomic E-state index is 8.99. The second-order valence-electron chi connectivity index (χ2n) is 7.50. The molecule has 1 aromatic carbocycles. The summed E-state index contributed by atoms with van der Waals surface area (Å²) in [6, 6.07) is 12.1. The van der Waals surface area contributed by atoms with Gasteiger partial charge in [-0.3, -0.25) is 9.55 Å². The van der Waals surface area contributed by atoms with E-state index in [1.165, 1.54) is 0 Å². The van der Waals surface area contributed by atoms with E-state index in [2.05, 4.69) is 36.8 Å². The van der Waals surface area contributed by atoms with Crippen LogP contribution in [-0.2, 0) is 12.0 Å². The standard InChI is InChI=1S/C20H20N4O2/c1-20(2,3)18-7-5-14(10-22-18)25-12-15-11-24-17-6-4-13(9-21)8-16(17)23-19(24)26-15/h4-8,10,15H,11-12H2,1-3H3. The zero-order chi connectivity index (χ0) is 18.3. The Bertz CT molecular complexity index is 994. The first kappa shape index (κ1) is 16.4. The smallest absolute Gasteiger partial charge is 0.297 e. The zero-order valence-electron chi connectivity index (χ0n) is 15.1. The number of pyridine rings is 1. The molecule has 1 aliphatic heterocycles. The van der Waals surface area contributed by atoms with Crippen molar-refractivity contribution in [2.24, 2.45) is 0 Å². The third-order valence-electron chi connectivity index (χ3n) is 4.44. The van der Waals surface area contributed by atoms with Gasteiger partial charge in [0.2, 0.25) is 0 Å². The number of benzene rings is 1. The molecule has 6 nitrogen and oxygen atoms in total. The van der Waals surface area contributed by atoms with Crippen molar-refractivity contribution in [2.75, 3.05) is 6.61 Å². The van der Waals surface area contributed by atoms with Crippen molar-refractivity contribution in [3.63, 3.8) is 0 Å². The molecule has 1 atom stereocenters. The molecule has 3 heterocycles. The van der Waals surface area contributed by atoms with Crippen molar-refractivity contribution in [1.29, 1.82) is 5.26 Å². The van der Waals surface area contributed by atoms with Gasteiger partial charge in [-0.1, -0.05) is 20.8 Å². The minimum Gasteiger partial charge on any atom is -0.488 e. The third kappa shape index (κ3) is 2.97. The second-order valence-corrected chi connectivity index (χ2v) is 7.50. The molecule has 26 heavy (non-hydrogen) atoms. The fourth-order valence-electron chi connectivity index (χ4n) is 3.02. The second kappa shape index (κ2) is 6.03. The van der Waals surface area contributed by atoms with Crippen LogP contribution in [0.4, 0.5) is 0 Å². The molecule has 3 aromatic rings. The molecular weight excluding hydrogens is 328 g/mol. The highest BCUT2D eigenvalue weighted by Gasteiger charge is 2.27. The van der Waals surface area contributed by atoms with Crippen LogP contribution in [0.25, 0.3) is 11.0 Å².